The molecule has 0 aromatic heterocycles. The molecule has 0 saturated carbocycles. The van der Waals surface area contributed by atoms with Crippen LogP contribution in [0.2, 0.25) is 0 Å². The fraction of sp³-hybridized carbons (Fsp3) is 1.00. The summed E-state index contributed by atoms with van der Waals surface area (Å²) in [5.74, 6) is 1.33. The van der Waals surface area contributed by atoms with Crippen molar-refractivity contribution in [2.24, 2.45) is 5.92 Å². The first-order valence-corrected chi connectivity index (χ1v) is 8.45. The standard InChI is InChI=1S/C13H29NO3S/c1-11(2)8-12(3)17-10-13(15)9-14-6-5-7-18(4)16/h11-15H,5-10H2,1-4H3. The third-order valence-corrected chi connectivity index (χ3v) is 3.41. The molecule has 0 aromatic rings. The van der Waals surface area contributed by atoms with Crippen LogP contribution in [0.4, 0.5) is 0 Å². The average molecular weight is 279 g/mol. The Balaban J connectivity index is 3.42. The summed E-state index contributed by atoms with van der Waals surface area (Å²) in [6, 6.07) is 0. The molecule has 0 heterocycles. The molecule has 0 aliphatic rings. The molecular weight excluding hydrogens is 250 g/mol. The molecule has 3 atom stereocenters. The van der Waals surface area contributed by atoms with Crippen molar-refractivity contribution in [3.8, 4) is 0 Å². The van der Waals surface area contributed by atoms with Crippen molar-refractivity contribution in [2.45, 2.75) is 45.8 Å². The van der Waals surface area contributed by atoms with Crippen LogP contribution in [0.15, 0.2) is 0 Å². The predicted octanol–water partition coefficient (Wildman–Crippen LogP) is 1.16. The quantitative estimate of drug-likeness (QED) is 0.557. The van der Waals surface area contributed by atoms with E-state index in [0.717, 1.165) is 19.4 Å². The van der Waals surface area contributed by atoms with Crippen molar-refractivity contribution in [3.05, 3.63) is 0 Å². The van der Waals surface area contributed by atoms with Crippen molar-refractivity contribution in [1.82, 2.24) is 5.32 Å². The van der Waals surface area contributed by atoms with Crippen LogP contribution < -0.4 is 5.32 Å². The van der Waals surface area contributed by atoms with E-state index in [1.807, 2.05) is 6.92 Å². The first-order chi connectivity index (χ1) is 8.41. The number of nitrogens with one attached hydrogen (secondary N) is 1. The third-order valence-electron chi connectivity index (χ3n) is 2.54. The molecule has 0 rings (SSSR count). The minimum Gasteiger partial charge on any atom is -0.389 e. The Morgan fingerprint density at radius 3 is 2.56 bits per heavy atom. The van der Waals surface area contributed by atoms with Crippen LogP contribution in [0.1, 0.15) is 33.6 Å². The molecule has 0 saturated heterocycles. The fourth-order valence-corrected chi connectivity index (χ4v) is 2.29. The second kappa shape index (κ2) is 10.9. The summed E-state index contributed by atoms with van der Waals surface area (Å²) in [6.07, 6.45) is 3.33. The average Bonchev–Trinajstić information content (AvgIpc) is 2.24. The Hall–Kier alpha value is 0.0300. The SMILES string of the molecule is CC(C)CC(C)OCC(O)CNCCCS(C)=O. The molecule has 0 aromatic carbocycles. The van der Waals surface area contributed by atoms with Crippen LogP contribution in [0.5, 0.6) is 0 Å². The smallest absolute Gasteiger partial charge is 0.0897 e. The van der Waals surface area contributed by atoms with Gasteiger partial charge in [-0.3, -0.25) is 4.21 Å². The predicted molar refractivity (Wildman–Crippen MR) is 77.3 cm³/mol. The molecule has 0 radical (unpaired) electrons. The summed E-state index contributed by atoms with van der Waals surface area (Å²) in [5, 5.41) is 12.8. The summed E-state index contributed by atoms with van der Waals surface area (Å²) in [4.78, 5) is 0. The van der Waals surface area contributed by atoms with Gasteiger partial charge in [-0.1, -0.05) is 13.8 Å². The van der Waals surface area contributed by atoms with Gasteiger partial charge in [0.05, 0.1) is 18.8 Å². The number of hydrogen-bond acceptors (Lipinski definition) is 4. The molecule has 18 heavy (non-hydrogen) atoms. The highest BCUT2D eigenvalue weighted by Gasteiger charge is 2.09. The van der Waals surface area contributed by atoms with Gasteiger partial charge in [0.25, 0.3) is 0 Å². The summed E-state index contributed by atoms with van der Waals surface area (Å²) in [5.41, 5.74) is 0. The van der Waals surface area contributed by atoms with E-state index in [9.17, 15) is 9.32 Å². The van der Waals surface area contributed by atoms with E-state index in [-0.39, 0.29) is 6.10 Å². The Morgan fingerprint density at radius 2 is 2.00 bits per heavy atom. The van der Waals surface area contributed by atoms with E-state index < -0.39 is 16.9 Å². The maximum atomic E-state index is 10.8. The molecule has 0 aliphatic carbocycles. The molecule has 0 aliphatic heterocycles. The molecule has 0 amide bonds. The molecule has 5 heteroatoms. The highest BCUT2D eigenvalue weighted by atomic mass is 32.2. The van der Waals surface area contributed by atoms with Gasteiger partial charge >= 0.3 is 0 Å². The summed E-state index contributed by atoms with van der Waals surface area (Å²) in [7, 11) is -0.722. The van der Waals surface area contributed by atoms with E-state index in [4.69, 9.17) is 4.74 Å². The monoisotopic (exact) mass is 279 g/mol. The van der Waals surface area contributed by atoms with Gasteiger partial charge in [-0.15, -0.1) is 0 Å². The Kier molecular flexibility index (Phi) is 10.9. The minimum atomic E-state index is -0.722. The van der Waals surface area contributed by atoms with Crippen LogP contribution in [-0.2, 0) is 15.5 Å². The number of ether oxygens (including phenoxy) is 1. The lowest BCUT2D eigenvalue weighted by atomic mass is 10.1. The minimum absolute atomic E-state index is 0.196. The topological polar surface area (TPSA) is 58.6 Å². The third kappa shape index (κ3) is 12.5. The molecule has 0 fully saturated rings. The van der Waals surface area contributed by atoms with E-state index in [1.54, 1.807) is 6.26 Å². The Bertz CT molecular complexity index is 224. The number of rotatable bonds is 11. The van der Waals surface area contributed by atoms with E-state index >= 15 is 0 Å². The lowest BCUT2D eigenvalue weighted by Gasteiger charge is -2.18. The number of hydrogen-bond donors (Lipinski definition) is 2. The van der Waals surface area contributed by atoms with Crippen molar-refractivity contribution < 1.29 is 14.1 Å². The molecule has 0 bridgehead atoms. The number of aliphatic hydroxyl groups is 1. The van der Waals surface area contributed by atoms with Crippen LogP contribution in [0, 0.1) is 5.92 Å². The molecule has 2 N–H and O–H groups in total. The van der Waals surface area contributed by atoms with Crippen molar-refractivity contribution in [2.75, 3.05) is 31.7 Å². The number of aliphatic hydroxyl groups excluding tert-OH is 1. The largest absolute Gasteiger partial charge is 0.389 e. The second-order valence-corrected chi connectivity index (χ2v) is 6.82. The van der Waals surface area contributed by atoms with Gasteiger partial charge in [0.1, 0.15) is 0 Å². The lowest BCUT2D eigenvalue weighted by Crippen LogP contribution is -2.32. The fourth-order valence-electron chi connectivity index (χ4n) is 1.74. The van der Waals surface area contributed by atoms with Crippen molar-refractivity contribution >= 4 is 10.8 Å². The zero-order valence-electron chi connectivity index (χ0n) is 12.1. The summed E-state index contributed by atoms with van der Waals surface area (Å²) < 4.78 is 16.4. The lowest BCUT2D eigenvalue weighted by molar-refractivity contribution is -0.00840. The van der Waals surface area contributed by atoms with Gasteiger partial charge in [-0.25, -0.2) is 0 Å². The summed E-state index contributed by atoms with van der Waals surface area (Å²) >= 11 is 0. The second-order valence-electron chi connectivity index (χ2n) is 5.26. The van der Waals surface area contributed by atoms with Gasteiger partial charge in [0, 0.05) is 29.4 Å². The maximum Gasteiger partial charge on any atom is 0.0897 e. The van der Waals surface area contributed by atoms with Crippen LogP contribution in [0.25, 0.3) is 0 Å². The highest BCUT2D eigenvalue weighted by Crippen LogP contribution is 2.07. The van der Waals surface area contributed by atoms with Crippen LogP contribution in [0.3, 0.4) is 0 Å². The van der Waals surface area contributed by atoms with Crippen LogP contribution >= 0.6 is 0 Å². The van der Waals surface area contributed by atoms with Crippen LogP contribution in [-0.4, -0.2) is 53.2 Å². The Morgan fingerprint density at radius 1 is 1.33 bits per heavy atom. The molecule has 3 unspecified atom stereocenters. The molecular formula is C13H29NO3S. The van der Waals surface area contributed by atoms with Crippen molar-refractivity contribution in [3.63, 3.8) is 0 Å². The van der Waals surface area contributed by atoms with Gasteiger partial charge in [0.2, 0.25) is 0 Å². The zero-order chi connectivity index (χ0) is 14.0. The van der Waals surface area contributed by atoms with E-state index in [1.165, 1.54) is 0 Å². The molecule has 4 nitrogen and oxygen atoms in total. The van der Waals surface area contributed by atoms with Gasteiger partial charge in [-0.2, -0.15) is 0 Å². The first kappa shape index (κ1) is 18.0. The van der Waals surface area contributed by atoms with Crippen molar-refractivity contribution in [1.29, 1.82) is 0 Å². The van der Waals surface area contributed by atoms with Gasteiger partial charge in [-0.05, 0) is 32.2 Å². The normalized spacial score (nSPS) is 16.8. The Labute approximate surface area is 114 Å². The van der Waals surface area contributed by atoms with Gasteiger partial charge in [0.15, 0.2) is 0 Å². The summed E-state index contributed by atoms with van der Waals surface area (Å²) in [6.45, 7) is 8.06. The van der Waals surface area contributed by atoms with Gasteiger partial charge < -0.3 is 15.2 Å². The highest BCUT2D eigenvalue weighted by molar-refractivity contribution is 7.84. The molecule has 0 spiro atoms. The zero-order valence-corrected chi connectivity index (χ0v) is 13.0. The maximum absolute atomic E-state index is 10.8. The van der Waals surface area contributed by atoms with E-state index in [2.05, 4.69) is 19.2 Å². The first-order valence-electron chi connectivity index (χ1n) is 6.72. The van der Waals surface area contributed by atoms with E-state index in [0.29, 0.717) is 24.8 Å². The molecule has 110 valence electrons.